The molecule has 0 spiro atoms. The lowest BCUT2D eigenvalue weighted by molar-refractivity contribution is 0.0890. The van der Waals surface area contributed by atoms with Crippen LogP contribution >= 0.6 is 11.6 Å². The molecule has 3 heterocycles. The first kappa shape index (κ1) is 29.7. The number of aryl methyl sites for hydroxylation is 1. The molecule has 1 fully saturated rings. The third-order valence-electron chi connectivity index (χ3n) is 7.51. The number of hydrogen-bond donors (Lipinski definition) is 1. The van der Waals surface area contributed by atoms with Crippen molar-refractivity contribution in [1.82, 2.24) is 29.6 Å². The molecule has 0 aliphatic heterocycles. The summed E-state index contributed by atoms with van der Waals surface area (Å²) in [6, 6.07) is 6.51. The normalized spacial score (nSPS) is 18.0. The van der Waals surface area contributed by atoms with Crippen molar-refractivity contribution in [1.29, 1.82) is 0 Å². The minimum Gasteiger partial charge on any atom is -0.361 e. The van der Waals surface area contributed by atoms with E-state index in [9.17, 15) is 13.2 Å². The molecule has 2 atom stereocenters. The van der Waals surface area contributed by atoms with Crippen molar-refractivity contribution in [3.63, 3.8) is 0 Å². The number of carbonyl (C=O) groups excluding carboxylic acids is 1. The third kappa shape index (κ3) is 6.99. The number of halogens is 1. The van der Waals surface area contributed by atoms with E-state index < -0.39 is 17.9 Å². The Morgan fingerprint density at radius 3 is 2.76 bits per heavy atom. The van der Waals surface area contributed by atoms with Gasteiger partial charge in [-0.15, -0.1) is 0 Å². The van der Waals surface area contributed by atoms with E-state index in [1.54, 1.807) is 17.1 Å². The van der Waals surface area contributed by atoms with E-state index in [1.807, 2.05) is 29.8 Å². The van der Waals surface area contributed by atoms with Crippen molar-refractivity contribution in [3.8, 4) is 11.4 Å². The molecule has 2 unspecified atom stereocenters. The topological polar surface area (TPSA) is 121 Å². The van der Waals surface area contributed by atoms with Crippen molar-refractivity contribution in [2.24, 2.45) is 13.0 Å². The number of rotatable bonds is 10. The molecule has 4 aromatic rings. The first-order valence-corrected chi connectivity index (χ1v) is 20.0. The zero-order valence-corrected chi connectivity index (χ0v) is 26.7. The summed E-state index contributed by atoms with van der Waals surface area (Å²) in [5, 5.41) is 9.29. The lowest BCUT2D eigenvalue weighted by Gasteiger charge is -2.15. The Labute approximate surface area is 246 Å². The first-order valence-electron chi connectivity index (χ1n) is 13.8. The number of ether oxygens (including phenoxy) is 1. The molecule has 1 saturated carbocycles. The van der Waals surface area contributed by atoms with Gasteiger partial charge in [-0.05, 0) is 49.4 Å². The van der Waals surface area contributed by atoms with Gasteiger partial charge in [0.1, 0.15) is 33.5 Å². The monoisotopic (exact) mass is 616 g/mol. The van der Waals surface area contributed by atoms with Crippen LogP contribution in [0.1, 0.15) is 29.6 Å². The quantitative estimate of drug-likeness (QED) is 0.199. The van der Waals surface area contributed by atoms with E-state index in [0.29, 0.717) is 46.2 Å². The maximum atomic E-state index is 13.6. The highest BCUT2D eigenvalue weighted by atomic mass is 35.5. The number of carbonyl (C=O) groups is 1. The molecule has 1 N–H and O–H groups in total. The van der Waals surface area contributed by atoms with Crippen LogP contribution in [-0.2, 0) is 28.4 Å². The second kappa shape index (κ2) is 11.5. The summed E-state index contributed by atoms with van der Waals surface area (Å²) in [6.45, 7) is 7.79. The summed E-state index contributed by atoms with van der Waals surface area (Å²) in [6.07, 6.45) is 6.82. The predicted octanol–water partition coefficient (Wildman–Crippen LogP) is 4.89. The van der Waals surface area contributed by atoms with Gasteiger partial charge in [0.15, 0.2) is 5.65 Å². The Hall–Kier alpha value is -2.80. The molecule has 0 bridgehead atoms. The molecule has 220 valence electrons. The minimum absolute atomic E-state index is 0.0498. The molecule has 3 aromatic heterocycles. The van der Waals surface area contributed by atoms with Crippen LogP contribution in [0, 0.1) is 5.92 Å². The van der Waals surface area contributed by atoms with Crippen LogP contribution in [0.4, 0.5) is 0 Å². The Morgan fingerprint density at radius 1 is 1.24 bits per heavy atom. The third-order valence-corrected chi connectivity index (χ3v) is 10.5. The number of aromatic nitrogens is 5. The van der Waals surface area contributed by atoms with Crippen molar-refractivity contribution >= 4 is 57.5 Å². The SMILES string of the molecule is Cn1nc(-c2cnc3c(n2)c(C(=O)NC2CCC(CS(C)(=O)=O)C2)cn3COCC[Si](C)(C)C)c2ccc(Cl)cc21. The molecule has 0 radical (unpaired) electrons. The second-order valence-corrected chi connectivity index (χ2v) is 20.6. The van der Waals surface area contributed by atoms with Crippen LogP contribution < -0.4 is 5.32 Å². The zero-order chi connectivity index (χ0) is 29.5. The van der Waals surface area contributed by atoms with Gasteiger partial charge in [0.2, 0.25) is 0 Å². The average Bonchev–Trinajstić information content (AvgIpc) is 3.55. The fourth-order valence-electron chi connectivity index (χ4n) is 5.44. The number of hydrogen-bond acceptors (Lipinski definition) is 7. The molecular formula is C28H37ClN6O4SSi. The maximum Gasteiger partial charge on any atom is 0.255 e. The number of nitrogens with one attached hydrogen (secondary N) is 1. The van der Waals surface area contributed by atoms with Crippen LogP contribution in [0.15, 0.2) is 30.6 Å². The van der Waals surface area contributed by atoms with Crippen LogP contribution in [0.25, 0.3) is 33.5 Å². The van der Waals surface area contributed by atoms with Crippen molar-refractivity contribution in [2.75, 3.05) is 18.6 Å². The molecule has 0 saturated heterocycles. The van der Waals surface area contributed by atoms with Gasteiger partial charge in [-0.1, -0.05) is 31.2 Å². The first-order chi connectivity index (χ1) is 19.3. The molecule has 1 aromatic carbocycles. The van der Waals surface area contributed by atoms with Crippen molar-refractivity contribution in [3.05, 3.63) is 41.2 Å². The summed E-state index contributed by atoms with van der Waals surface area (Å²) in [7, 11) is -2.47. The van der Waals surface area contributed by atoms with Gasteiger partial charge in [0.25, 0.3) is 5.91 Å². The number of fused-ring (bicyclic) bond motifs is 2. The van der Waals surface area contributed by atoms with Crippen molar-refractivity contribution in [2.45, 2.75) is 57.7 Å². The zero-order valence-electron chi connectivity index (χ0n) is 24.1. The Bertz CT molecular complexity index is 1710. The van der Waals surface area contributed by atoms with Gasteiger partial charge in [-0.2, -0.15) is 5.10 Å². The lowest BCUT2D eigenvalue weighted by Crippen LogP contribution is -2.33. The smallest absolute Gasteiger partial charge is 0.255 e. The van der Waals surface area contributed by atoms with E-state index in [4.69, 9.17) is 26.3 Å². The molecule has 1 aliphatic carbocycles. The molecule has 5 rings (SSSR count). The van der Waals surface area contributed by atoms with Gasteiger partial charge < -0.3 is 14.6 Å². The average molecular weight is 617 g/mol. The number of sulfone groups is 1. The Balaban J connectivity index is 1.46. The van der Waals surface area contributed by atoms with Gasteiger partial charge in [-0.3, -0.25) is 9.48 Å². The summed E-state index contributed by atoms with van der Waals surface area (Å²) in [5.74, 6) is -0.0652. The Morgan fingerprint density at radius 2 is 2.02 bits per heavy atom. The van der Waals surface area contributed by atoms with Gasteiger partial charge in [0.05, 0.1) is 23.0 Å². The summed E-state index contributed by atoms with van der Waals surface area (Å²) in [4.78, 5) is 23.2. The molecule has 41 heavy (non-hydrogen) atoms. The molecule has 1 aliphatic rings. The standard InChI is InChI=1S/C28H37ClN6O4SSi/c1-34-24-13-19(29)7-9-21(24)25(33-34)23-14-30-27-26(32-23)22(15-35(27)17-39-10-11-41(3,4)5)28(36)31-20-8-6-18(12-20)16-40(2,37)38/h7,9,13-15,18,20H,6,8,10-12,16-17H2,1-5H3,(H,31,36). The second-order valence-electron chi connectivity index (χ2n) is 12.4. The molecular weight excluding hydrogens is 580 g/mol. The summed E-state index contributed by atoms with van der Waals surface area (Å²) in [5.41, 5.74) is 3.48. The summed E-state index contributed by atoms with van der Waals surface area (Å²) < 4.78 is 33.1. The minimum atomic E-state index is -3.07. The van der Waals surface area contributed by atoms with E-state index in [0.717, 1.165) is 29.8 Å². The van der Waals surface area contributed by atoms with Gasteiger partial charge >= 0.3 is 0 Å². The highest BCUT2D eigenvalue weighted by Gasteiger charge is 2.30. The van der Waals surface area contributed by atoms with Crippen LogP contribution in [0.5, 0.6) is 0 Å². The van der Waals surface area contributed by atoms with E-state index >= 15 is 0 Å². The largest absolute Gasteiger partial charge is 0.361 e. The van der Waals surface area contributed by atoms with Gasteiger partial charge in [0, 0.05) is 50.6 Å². The van der Waals surface area contributed by atoms with Crippen LogP contribution in [-0.4, -0.2) is 71.4 Å². The predicted molar refractivity (Wildman–Crippen MR) is 165 cm³/mol. The van der Waals surface area contributed by atoms with Crippen molar-refractivity contribution < 1.29 is 17.9 Å². The highest BCUT2D eigenvalue weighted by molar-refractivity contribution is 7.90. The lowest BCUT2D eigenvalue weighted by atomic mass is 10.1. The number of nitrogens with zero attached hydrogens (tertiary/aromatic N) is 5. The Kier molecular flexibility index (Phi) is 8.30. The maximum absolute atomic E-state index is 13.6. The molecule has 13 heteroatoms. The summed E-state index contributed by atoms with van der Waals surface area (Å²) >= 11 is 6.21. The number of amides is 1. The van der Waals surface area contributed by atoms with Crippen LogP contribution in [0.3, 0.4) is 0 Å². The van der Waals surface area contributed by atoms with Gasteiger partial charge in [-0.25, -0.2) is 18.4 Å². The van der Waals surface area contributed by atoms with E-state index in [-0.39, 0.29) is 30.4 Å². The number of benzene rings is 1. The fraction of sp³-hybridized carbons (Fsp3) is 0.500. The fourth-order valence-corrected chi connectivity index (χ4v) is 7.52. The van der Waals surface area contributed by atoms with Crippen LogP contribution in [0.2, 0.25) is 30.7 Å². The van der Waals surface area contributed by atoms with E-state index in [2.05, 4.69) is 30.1 Å². The molecule has 1 amide bonds. The highest BCUT2D eigenvalue weighted by Crippen LogP contribution is 2.31. The van der Waals surface area contributed by atoms with E-state index in [1.165, 1.54) is 6.26 Å². The molecule has 10 nitrogen and oxygen atoms in total.